The number of aromatic hydroxyl groups is 1. The Labute approximate surface area is 148 Å². The number of halogens is 1. The van der Waals surface area contributed by atoms with Crippen molar-refractivity contribution < 1.29 is 19.4 Å². The van der Waals surface area contributed by atoms with Gasteiger partial charge in [0.15, 0.2) is 6.61 Å². The maximum atomic E-state index is 11.8. The summed E-state index contributed by atoms with van der Waals surface area (Å²) in [6.45, 7) is 1.50. The van der Waals surface area contributed by atoms with Crippen molar-refractivity contribution in [1.29, 1.82) is 0 Å². The van der Waals surface area contributed by atoms with Crippen LogP contribution >= 0.6 is 15.9 Å². The second-order valence-electron chi connectivity index (χ2n) is 4.83. The fourth-order valence-corrected chi connectivity index (χ4v) is 2.36. The van der Waals surface area contributed by atoms with Gasteiger partial charge in [-0.15, -0.1) is 0 Å². The molecule has 0 fully saturated rings. The standard InChI is InChI=1S/C17H17BrN2O4/c1-11(13-5-3-4-6-15(13)21)19-20-17(22)10-24-16-8-7-12(23-2)9-14(16)18/h3-9,21H,10H2,1-2H3,(H,20,22)/b19-11-. The number of benzene rings is 2. The van der Waals surface area contributed by atoms with Gasteiger partial charge in [-0.3, -0.25) is 4.79 Å². The van der Waals surface area contributed by atoms with Crippen LogP contribution in [0.5, 0.6) is 17.2 Å². The van der Waals surface area contributed by atoms with Crippen molar-refractivity contribution in [2.24, 2.45) is 5.10 Å². The largest absolute Gasteiger partial charge is 0.507 e. The fraction of sp³-hybridized carbons (Fsp3) is 0.176. The Hall–Kier alpha value is -2.54. The molecule has 2 N–H and O–H groups in total. The monoisotopic (exact) mass is 392 g/mol. The number of hydrogen-bond donors (Lipinski definition) is 2. The molecule has 126 valence electrons. The van der Waals surface area contributed by atoms with E-state index in [1.165, 1.54) is 0 Å². The van der Waals surface area contributed by atoms with E-state index in [0.717, 1.165) is 0 Å². The van der Waals surface area contributed by atoms with E-state index in [1.807, 2.05) is 0 Å². The number of rotatable bonds is 6. The number of carbonyl (C=O) groups is 1. The van der Waals surface area contributed by atoms with Crippen molar-refractivity contribution in [2.45, 2.75) is 6.92 Å². The molecule has 0 aliphatic heterocycles. The first kappa shape index (κ1) is 17.8. The number of para-hydroxylation sites is 1. The van der Waals surface area contributed by atoms with E-state index in [-0.39, 0.29) is 12.4 Å². The molecule has 0 heterocycles. The minimum absolute atomic E-state index is 0.103. The molecule has 24 heavy (non-hydrogen) atoms. The normalized spacial score (nSPS) is 11.0. The van der Waals surface area contributed by atoms with E-state index in [9.17, 15) is 9.90 Å². The molecule has 0 spiro atoms. The van der Waals surface area contributed by atoms with E-state index >= 15 is 0 Å². The summed E-state index contributed by atoms with van der Waals surface area (Å²) in [6.07, 6.45) is 0. The number of phenolic OH excluding ortho intramolecular Hbond substituents is 1. The second-order valence-corrected chi connectivity index (χ2v) is 5.69. The molecule has 6 nitrogen and oxygen atoms in total. The Bertz CT molecular complexity index is 762. The molecule has 2 aromatic rings. The fourth-order valence-electron chi connectivity index (χ4n) is 1.89. The zero-order valence-corrected chi connectivity index (χ0v) is 14.8. The SMILES string of the molecule is COc1ccc(OCC(=O)N/N=C(/C)c2ccccc2O)c(Br)c1. The highest BCUT2D eigenvalue weighted by Gasteiger charge is 2.08. The van der Waals surface area contributed by atoms with Crippen LogP contribution in [0, 0.1) is 0 Å². The quantitative estimate of drug-likeness (QED) is 0.584. The summed E-state index contributed by atoms with van der Waals surface area (Å²) in [5.74, 6) is 0.896. The van der Waals surface area contributed by atoms with E-state index in [2.05, 4.69) is 26.5 Å². The predicted molar refractivity (Wildman–Crippen MR) is 94.6 cm³/mol. The molecular weight excluding hydrogens is 376 g/mol. The lowest BCUT2D eigenvalue weighted by Gasteiger charge is -2.09. The maximum absolute atomic E-state index is 11.8. The van der Waals surface area contributed by atoms with E-state index in [1.54, 1.807) is 56.5 Å². The topological polar surface area (TPSA) is 80.2 Å². The molecule has 2 aromatic carbocycles. The van der Waals surface area contributed by atoms with Crippen molar-refractivity contribution in [1.82, 2.24) is 5.43 Å². The zero-order chi connectivity index (χ0) is 17.5. The minimum Gasteiger partial charge on any atom is -0.507 e. The molecule has 2 rings (SSSR count). The van der Waals surface area contributed by atoms with Crippen molar-refractivity contribution in [3.63, 3.8) is 0 Å². The van der Waals surface area contributed by atoms with E-state index in [0.29, 0.717) is 27.2 Å². The number of phenols is 1. The van der Waals surface area contributed by atoms with Crippen LogP contribution in [0.2, 0.25) is 0 Å². The Morgan fingerprint density at radius 2 is 2.04 bits per heavy atom. The summed E-state index contributed by atoms with van der Waals surface area (Å²) in [4.78, 5) is 11.8. The molecule has 0 bridgehead atoms. The van der Waals surface area contributed by atoms with Gasteiger partial charge in [0.1, 0.15) is 17.2 Å². The Kier molecular flexibility index (Phi) is 6.20. The maximum Gasteiger partial charge on any atom is 0.277 e. The summed E-state index contributed by atoms with van der Waals surface area (Å²) in [5, 5.41) is 13.7. The highest BCUT2D eigenvalue weighted by atomic mass is 79.9. The van der Waals surface area contributed by atoms with Crippen molar-refractivity contribution >= 4 is 27.5 Å². The van der Waals surface area contributed by atoms with Crippen LogP contribution in [0.25, 0.3) is 0 Å². The number of hydrazone groups is 1. The Morgan fingerprint density at radius 3 is 2.71 bits per heavy atom. The number of carbonyl (C=O) groups excluding carboxylic acids is 1. The first-order chi connectivity index (χ1) is 11.5. The molecule has 0 radical (unpaired) electrons. The second kappa shape index (κ2) is 8.35. The van der Waals surface area contributed by atoms with Gasteiger partial charge in [0, 0.05) is 5.56 Å². The lowest BCUT2D eigenvalue weighted by Crippen LogP contribution is -2.25. The lowest BCUT2D eigenvalue weighted by atomic mass is 10.1. The molecule has 0 aliphatic carbocycles. The summed E-state index contributed by atoms with van der Waals surface area (Å²) in [7, 11) is 1.57. The van der Waals surface area contributed by atoms with Crippen LogP contribution < -0.4 is 14.9 Å². The smallest absolute Gasteiger partial charge is 0.277 e. The van der Waals surface area contributed by atoms with Crippen LogP contribution in [0.3, 0.4) is 0 Å². The van der Waals surface area contributed by atoms with Crippen LogP contribution in [-0.4, -0.2) is 30.4 Å². The van der Waals surface area contributed by atoms with Crippen LogP contribution in [0.4, 0.5) is 0 Å². The van der Waals surface area contributed by atoms with E-state index < -0.39 is 5.91 Å². The summed E-state index contributed by atoms with van der Waals surface area (Å²) in [5.41, 5.74) is 3.44. The highest BCUT2D eigenvalue weighted by molar-refractivity contribution is 9.10. The Morgan fingerprint density at radius 1 is 1.29 bits per heavy atom. The van der Waals surface area contributed by atoms with Gasteiger partial charge >= 0.3 is 0 Å². The molecule has 0 atom stereocenters. The average molecular weight is 393 g/mol. The molecule has 0 saturated heterocycles. The van der Waals surface area contributed by atoms with Gasteiger partial charge in [0.25, 0.3) is 5.91 Å². The van der Waals surface area contributed by atoms with Crippen LogP contribution in [0.1, 0.15) is 12.5 Å². The first-order valence-electron chi connectivity index (χ1n) is 7.09. The Balaban J connectivity index is 1.92. The van der Waals surface area contributed by atoms with Gasteiger partial charge in [-0.05, 0) is 53.2 Å². The third kappa shape index (κ3) is 4.73. The van der Waals surface area contributed by atoms with Gasteiger partial charge in [-0.1, -0.05) is 12.1 Å². The number of nitrogens with one attached hydrogen (secondary N) is 1. The molecule has 0 aromatic heterocycles. The molecule has 1 amide bonds. The zero-order valence-electron chi connectivity index (χ0n) is 13.2. The number of hydrogen-bond acceptors (Lipinski definition) is 5. The number of ether oxygens (including phenoxy) is 2. The predicted octanol–water partition coefficient (Wildman–Crippen LogP) is 3.08. The summed E-state index contributed by atoms with van der Waals surface area (Å²) in [6, 6.07) is 11.9. The molecule has 0 aliphatic rings. The van der Waals surface area contributed by atoms with Gasteiger partial charge in [-0.25, -0.2) is 5.43 Å². The molecule has 0 unspecified atom stereocenters. The van der Waals surface area contributed by atoms with Gasteiger partial charge in [-0.2, -0.15) is 5.10 Å². The van der Waals surface area contributed by atoms with Crippen LogP contribution in [-0.2, 0) is 4.79 Å². The van der Waals surface area contributed by atoms with Crippen molar-refractivity contribution in [3.8, 4) is 17.2 Å². The third-order valence-corrected chi connectivity index (χ3v) is 3.76. The summed E-state index contributed by atoms with van der Waals surface area (Å²) < 4.78 is 11.2. The number of methoxy groups -OCH3 is 1. The third-order valence-electron chi connectivity index (χ3n) is 3.14. The van der Waals surface area contributed by atoms with Gasteiger partial charge in [0.2, 0.25) is 0 Å². The van der Waals surface area contributed by atoms with Crippen molar-refractivity contribution in [3.05, 3.63) is 52.5 Å². The number of nitrogens with zero attached hydrogens (tertiary/aromatic N) is 1. The lowest BCUT2D eigenvalue weighted by molar-refractivity contribution is -0.123. The van der Waals surface area contributed by atoms with Crippen molar-refractivity contribution in [2.75, 3.05) is 13.7 Å². The molecule has 0 saturated carbocycles. The molecular formula is C17H17BrN2O4. The van der Waals surface area contributed by atoms with Crippen LogP contribution in [0.15, 0.2) is 52.0 Å². The summed E-state index contributed by atoms with van der Waals surface area (Å²) >= 11 is 3.35. The van der Waals surface area contributed by atoms with Gasteiger partial charge in [0.05, 0.1) is 17.3 Å². The highest BCUT2D eigenvalue weighted by Crippen LogP contribution is 2.28. The number of amides is 1. The molecule has 7 heteroatoms. The first-order valence-corrected chi connectivity index (χ1v) is 7.88. The minimum atomic E-state index is -0.410. The van der Waals surface area contributed by atoms with Gasteiger partial charge < -0.3 is 14.6 Å². The van der Waals surface area contributed by atoms with E-state index in [4.69, 9.17) is 9.47 Å². The average Bonchev–Trinajstić information content (AvgIpc) is 2.58.